The molecule has 0 atom stereocenters. The first-order valence-corrected chi connectivity index (χ1v) is 8.28. The fourth-order valence-electron chi connectivity index (χ4n) is 1.67. The molecule has 0 saturated heterocycles. The molecule has 0 amide bonds. The van der Waals surface area contributed by atoms with Crippen LogP contribution in [0.4, 0.5) is 52.7 Å². The van der Waals surface area contributed by atoms with Gasteiger partial charge in [-0.05, 0) is 12.1 Å². The molecule has 0 radical (unpaired) electrons. The molecule has 0 aliphatic rings. The summed E-state index contributed by atoms with van der Waals surface area (Å²) in [6.45, 7) is -3.19. The minimum absolute atomic E-state index is 0.692. The van der Waals surface area contributed by atoms with Crippen LogP contribution in [0.3, 0.4) is 0 Å². The summed E-state index contributed by atoms with van der Waals surface area (Å²) in [7, 11) is -5.29. The molecule has 0 unspecified atom stereocenters. The molecule has 0 bridgehead atoms. The lowest BCUT2D eigenvalue weighted by atomic mass is 9.95. The van der Waals surface area contributed by atoms with Crippen molar-refractivity contribution in [2.75, 3.05) is 6.61 Å². The first kappa shape index (κ1) is 25.3. The van der Waals surface area contributed by atoms with Crippen LogP contribution in [0.1, 0.15) is 0 Å². The molecular formula is C13H8F12O3S. The summed E-state index contributed by atoms with van der Waals surface area (Å²) in [5.41, 5.74) is 0. The van der Waals surface area contributed by atoms with Crippen LogP contribution in [0, 0.1) is 0 Å². The molecule has 0 fully saturated rings. The summed E-state index contributed by atoms with van der Waals surface area (Å²) in [5, 5.41) is 0. The van der Waals surface area contributed by atoms with Crippen LogP contribution < -0.4 is 0 Å². The number of hydrogen-bond donors (Lipinski definition) is 0. The van der Waals surface area contributed by atoms with Gasteiger partial charge in [-0.1, -0.05) is 18.2 Å². The van der Waals surface area contributed by atoms with Crippen LogP contribution in [0.2, 0.25) is 0 Å². The summed E-state index contributed by atoms with van der Waals surface area (Å²) in [6.07, 6.45) is -5.62. The van der Waals surface area contributed by atoms with Crippen LogP contribution in [0.5, 0.6) is 0 Å². The molecule has 0 aliphatic heterocycles. The van der Waals surface area contributed by atoms with E-state index in [0.717, 1.165) is 12.1 Å². The number of benzene rings is 1. The van der Waals surface area contributed by atoms with Gasteiger partial charge in [0.1, 0.15) is 6.61 Å². The molecule has 0 aliphatic carbocycles. The quantitative estimate of drug-likeness (QED) is 0.382. The van der Waals surface area contributed by atoms with Crippen LogP contribution in [0.15, 0.2) is 35.2 Å². The molecule has 168 valence electrons. The zero-order valence-corrected chi connectivity index (χ0v) is 14.2. The van der Waals surface area contributed by atoms with Crippen molar-refractivity contribution in [1.82, 2.24) is 0 Å². The van der Waals surface area contributed by atoms with E-state index in [1.54, 1.807) is 0 Å². The fraction of sp³-hybridized carbons (Fsp3) is 0.538. The van der Waals surface area contributed by atoms with Crippen LogP contribution in [-0.4, -0.2) is 51.1 Å². The van der Waals surface area contributed by atoms with Gasteiger partial charge in [0.05, 0.1) is 4.90 Å². The van der Waals surface area contributed by atoms with Gasteiger partial charge in [0.15, 0.2) is 0 Å². The van der Waals surface area contributed by atoms with Crippen molar-refractivity contribution in [2.24, 2.45) is 0 Å². The highest BCUT2D eigenvalue weighted by atomic mass is 32.2. The van der Waals surface area contributed by atoms with Crippen molar-refractivity contribution in [2.45, 2.75) is 40.9 Å². The molecule has 0 spiro atoms. The third-order valence-corrected chi connectivity index (χ3v) is 4.65. The number of halogens is 12. The second-order valence-electron chi connectivity index (χ2n) is 5.38. The van der Waals surface area contributed by atoms with Crippen molar-refractivity contribution in [3.8, 4) is 0 Å². The van der Waals surface area contributed by atoms with Gasteiger partial charge in [0.25, 0.3) is 10.1 Å². The van der Waals surface area contributed by atoms with Crippen molar-refractivity contribution in [3.63, 3.8) is 0 Å². The highest BCUT2D eigenvalue weighted by Gasteiger charge is 2.87. The van der Waals surface area contributed by atoms with E-state index in [9.17, 15) is 61.1 Å². The lowest BCUT2D eigenvalue weighted by Gasteiger charge is -2.38. The Kier molecular flexibility index (Phi) is 6.57. The van der Waals surface area contributed by atoms with E-state index >= 15 is 0 Å². The molecule has 16 heteroatoms. The Labute approximate surface area is 154 Å². The summed E-state index contributed by atoms with van der Waals surface area (Å²) < 4.78 is 182. The van der Waals surface area contributed by atoms with Crippen molar-refractivity contribution >= 4 is 10.1 Å². The Hall–Kier alpha value is -1.71. The van der Waals surface area contributed by atoms with Gasteiger partial charge in [-0.2, -0.15) is 52.3 Å². The average Bonchev–Trinajstić information content (AvgIpc) is 2.60. The van der Waals surface area contributed by atoms with E-state index < -0.39 is 57.7 Å². The topological polar surface area (TPSA) is 43.4 Å². The van der Waals surface area contributed by atoms with E-state index in [1.165, 1.54) is 6.07 Å². The first-order valence-electron chi connectivity index (χ1n) is 6.87. The molecule has 0 N–H and O–H groups in total. The molecule has 1 aromatic carbocycles. The van der Waals surface area contributed by atoms with E-state index in [4.69, 9.17) is 0 Å². The van der Waals surface area contributed by atoms with Crippen LogP contribution >= 0.6 is 0 Å². The second-order valence-corrected chi connectivity index (χ2v) is 7.00. The Morgan fingerprint density at radius 1 is 0.759 bits per heavy atom. The third kappa shape index (κ3) is 4.13. The molecule has 0 aromatic heterocycles. The van der Waals surface area contributed by atoms with Crippen molar-refractivity contribution in [1.29, 1.82) is 0 Å². The number of alkyl halides is 12. The van der Waals surface area contributed by atoms with E-state index in [-0.39, 0.29) is 0 Å². The highest BCUT2D eigenvalue weighted by Crippen LogP contribution is 2.58. The van der Waals surface area contributed by atoms with E-state index in [1.807, 2.05) is 0 Å². The lowest BCUT2D eigenvalue weighted by molar-refractivity contribution is -0.414. The molecule has 3 nitrogen and oxygen atoms in total. The maximum Gasteiger partial charge on any atom is 0.384 e. The Morgan fingerprint density at radius 2 is 1.21 bits per heavy atom. The minimum atomic E-state index is -7.75. The maximum absolute atomic E-state index is 13.5. The number of rotatable bonds is 9. The molecule has 1 rings (SSSR count). The molecule has 0 saturated carbocycles. The van der Waals surface area contributed by atoms with Gasteiger partial charge in [-0.15, -0.1) is 0 Å². The van der Waals surface area contributed by atoms with Gasteiger partial charge in [-0.3, -0.25) is 4.18 Å². The van der Waals surface area contributed by atoms with Crippen molar-refractivity contribution in [3.05, 3.63) is 30.3 Å². The predicted molar refractivity (Wildman–Crippen MR) is 70.3 cm³/mol. The zero-order chi connectivity index (χ0) is 23.1. The summed E-state index contributed by atoms with van der Waals surface area (Å²) in [4.78, 5) is -0.930. The van der Waals surface area contributed by atoms with E-state index in [0.29, 0.717) is 12.1 Å². The van der Waals surface area contributed by atoms with Crippen LogP contribution in [-0.2, 0) is 14.3 Å². The average molecular weight is 472 g/mol. The molecular weight excluding hydrogens is 464 g/mol. The summed E-state index contributed by atoms with van der Waals surface area (Å²) in [5.74, 6) is -36.5. The SMILES string of the molecule is O=S(=O)(OCC(F)(F)C(F)(F)C(F)(F)C(F)(F)C(F)(F)C(F)F)c1ccccc1. The fourth-order valence-corrected chi connectivity index (χ4v) is 2.60. The summed E-state index contributed by atoms with van der Waals surface area (Å²) >= 11 is 0. The molecule has 29 heavy (non-hydrogen) atoms. The maximum atomic E-state index is 13.5. The zero-order valence-electron chi connectivity index (χ0n) is 13.3. The van der Waals surface area contributed by atoms with Gasteiger partial charge in [0.2, 0.25) is 0 Å². The van der Waals surface area contributed by atoms with Crippen LogP contribution in [0.25, 0.3) is 0 Å². The Balaban J connectivity index is 3.24. The number of hydrogen-bond acceptors (Lipinski definition) is 3. The Bertz CT molecular complexity index is 808. The minimum Gasteiger partial charge on any atom is -0.260 e. The standard InChI is InChI=1S/C13H8F12O3S/c14-8(15)10(18,19)12(22,23)13(24,25)11(20,21)9(16,17)6-28-29(26,27)7-4-2-1-3-5-7/h1-5,8H,6H2. The molecule has 0 heterocycles. The summed E-state index contributed by atoms with van der Waals surface area (Å²) in [6, 6.07) is 4.61. The van der Waals surface area contributed by atoms with Gasteiger partial charge < -0.3 is 0 Å². The Morgan fingerprint density at radius 3 is 1.62 bits per heavy atom. The van der Waals surface area contributed by atoms with Gasteiger partial charge in [0, 0.05) is 0 Å². The largest absolute Gasteiger partial charge is 0.384 e. The normalized spacial score (nSPS) is 15.1. The smallest absolute Gasteiger partial charge is 0.260 e. The van der Waals surface area contributed by atoms with Gasteiger partial charge in [-0.25, -0.2) is 8.78 Å². The predicted octanol–water partition coefficient (Wildman–Crippen LogP) is 4.83. The van der Waals surface area contributed by atoms with Crippen molar-refractivity contribution < 1.29 is 65.3 Å². The molecule has 1 aromatic rings. The van der Waals surface area contributed by atoms with Gasteiger partial charge >= 0.3 is 36.0 Å². The third-order valence-electron chi connectivity index (χ3n) is 3.37. The highest BCUT2D eigenvalue weighted by molar-refractivity contribution is 7.86. The first-order chi connectivity index (χ1) is 12.8. The monoisotopic (exact) mass is 472 g/mol. The lowest BCUT2D eigenvalue weighted by Crippen LogP contribution is -2.69. The van der Waals surface area contributed by atoms with E-state index in [2.05, 4.69) is 4.18 Å². The second kappa shape index (κ2) is 7.52.